The van der Waals surface area contributed by atoms with E-state index in [1.54, 1.807) is 7.11 Å². The Morgan fingerprint density at radius 3 is 3.27 bits per heavy atom. The molecular weight excluding hydrogens is 194 g/mol. The minimum absolute atomic E-state index is 0.315. The number of aromatic nitrogens is 1. The number of rotatable bonds is 4. The zero-order valence-electron chi connectivity index (χ0n) is 8.98. The molecule has 1 saturated heterocycles. The first-order chi connectivity index (χ1) is 7.28. The largest absolute Gasteiger partial charge is 0.377 e. The number of likely N-dealkylation sites (tertiary alicyclic amines) is 1. The third-order valence-corrected chi connectivity index (χ3v) is 2.59. The Balaban J connectivity index is 1.87. The summed E-state index contributed by atoms with van der Waals surface area (Å²) in [5.41, 5.74) is 6.78. The molecule has 2 rings (SSSR count). The number of ether oxygens (including phenoxy) is 1. The number of hydrogen-bond donors (Lipinski definition) is 1. The van der Waals surface area contributed by atoms with Gasteiger partial charge in [-0.25, -0.2) is 0 Å². The van der Waals surface area contributed by atoms with Gasteiger partial charge in [0.15, 0.2) is 5.76 Å². The predicted molar refractivity (Wildman–Crippen MR) is 55.1 cm³/mol. The predicted octanol–water partition coefficient (Wildman–Crippen LogP) is 0.354. The van der Waals surface area contributed by atoms with Crippen molar-refractivity contribution >= 4 is 0 Å². The fraction of sp³-hybridized carbons (Fsp3) is 0.700. The van der Waals surface area contributed by atoms with E-state index in [4.69, 9.17) is 15.0 Å². The quantitative estimate of drug-likeness (QED) is 0.778. The van der Waals surface area contributed by atoms with Gasteiger partial charge in [-0.3, -0.25) is 4.90 Å². The van der Waals surface area contributed by atoms with Crippen molar-refractivity contribution in [1.82, 2.24) is 10.1 Å². The van der Waals surface area contributed by atoms with Crippen LogP contribution in [0.1, 0.15) is 17.9 Å². The van der Waals surface area contributed by atoms with Gasteiger partial charge in [0, 0.05) is 38.9 Å². The SMILES string of the molecule is COCc1cc(CN2CC[C@@H](N)C2)no1. The lowest BCUT2D eigenvalue weighted by atomic mass is 10.3. The van der Waals surface area contributed by atoms with Gasteiger partial charge in [-0.15, -0.1) is 0 Å². The van der Waals surface area contributed by atoms with Gasteiger partial charge in [0.05, 0.1) is 5.69 Å². The molecule has 0 radical (unpaired) electrons. The van der Waals surface area contributed by atoms with Crippen molar-refractivity contribution in [3.63, 3.8) is 0 Å². The summed E-state index contributed by atoms with van der Waals surface area (Å²) in [6.45, 7) is 3.30. The number of methoxy groups -OCH3 is 1. The average molecular weight is 211 g/mol. The highest BCUT2D eigenvalue weighted by Gasteiger charge is 2.20. The van der Waals surface area contributed by atoms with Crippen LogP contribution in [0, 0.1) is 0 Å². The highest BCUT2D eigenvalue weighted by atomic mass is 16.5. The van der Waals surface area contributed by atoms with E-state index in [2.05, 4.69) is 10.1 Å². The summed E-state index contributed by atoms with van der Waals surface area (Å²) in [6.07, 6.45) is 1.07. The normalized spacial score (nSPS) is 22.4. The van der Waals surface area contributed by atoms with Gasteiger partial charge in [0.1, 0.15) is 6.61 Å². The zero-order valence-corrected chi connectivity index (χ0v) is 8.98. The molecule has 1 aromatic heterocycles. The summed E-state index contributed by atoms with van der Waals surface area (Å²) in [4.78, 5) is 2.29. The van der Waals surface area contributed by atoms with Gasteiger partial charge >= 0.3 is 0 Å². The van der Waals surface area contributed by atoms with Gasteiger partial charge < -0.3 is 15.0 Å². The van der Waals surface area contributed by atoms with Gasteiger partial charge in [-0.2, -0.15) is 0 Å². The van der Waals surface area contributed by atoms with Crippen molar-refractivity contribution in [3.8, 4) is 0 Å². The van der Waals surface area contributed by atoms with Crippen molar-refractivity contribution in [2.75, 3.05) is 20.2 Å². The van der Waals surface area contributed by atoms with Crippen LogP contribution in [0.25, 0.3) is 0 Å². The van der Waals surface area contributed by atoms with Crippen LogP contribution >= 0.6 is 0 Å². The highest BCUT2D eigenvalue weighted by Crippen LogP contribution is 2.12. The summed E-state index contributed by atoms with van der Waals surface area (Å²) >= 11 is 0. The topological polar surface area (TPSA) is 64.5 Å². The van der Waals surface area contributed by atoms with Gasteiger partial charge in [-0.05, 0) is 6.42 Å². The molecule has 2 heterocycles. The van der Waals surface area contributed by atoms with E-state index < -0.39 is 0 Å². The summed E-state index contributed by atoms with van der Waals surface area (Å²) in [7, 11) is 1.64. The van der Waals surface area contributed by atoms with Crippen LogP contribution in [-0.4, -0.2) is 36.3 Å². The Morgan fingerprint density at radius 2 is 2.60 bits per heavy atom. The first kappa shape index (κ1) is 10.6. The second-order valence-electron chi connectivity index (χ2n) is 4.00. The van der Waals surface area contributed by atoms with E-state index in [1.165, 1.54) is 0 Å². The third-order valence-electron chi connectivity index (χ3n) is 2.59. The summed E-state index contributed by atoms with van der Waals surface area (Å²) in [6, 6.07) is 2.25. The minimum atomic E-state index is 0.315. The maximum atomic E-state index is 5.83. The maximum Gasteiger partial charge on any atom is 0.162 e. The lowest BCUT2D eigenvalue weighted by Gasteiger charge is -2.11. The van der Waals surface area contributed by atoms with Crippen LogP contribution < -0.4 is 5.73 Å². The molecule has 1 atom stereocenters. The lowest BCUT2D eigenvalue weighted by molar-refractivity contribution is 0.155. The molecule has 0 amide bonds. The van der Waals surface area contributed by atoms with Crippen molar-refractivity contribution in [3.05, 3.63) is 17.5 Å². The van der Waals surface area contributed by atoms with E-state index in [-0.39, 0.29) is 0 Å². The van der Waals surface area contributed by atoms with Gasteiger partial charge in [-0.1, -0.05) is 5.16 Å². The molecule has 84 valence electrons. The second-order valence-corrected chi connectivity index (χ2v) is 4.00. The molecule has 1 aliphatic heterocycles. The minimum Gasteiger partial charge on any atom is -0.377 e. The highest BCUT2D eigenvalue weighted by molar-refractivity contribution is 5.04. The molecule has 0 saturated carbocycles. The molecule has 2 N–H and O–H groups in total. The Hall–Kier alpha value is -0.910. The molecule has 5 nitrogen and oxygen atoms in total. The van der Waals surface area contributed by atoms with Crippen LogP contribution in [0.3, 0.4) is 0 Å². The van der Waals surface area contributed by atoms with Crippen molar-refractivity contribution in [2.45, 2.75) is 25.6 Å². The fourth-order valence-electron chi connectivity index (χ4n) is 1.88. The standard InChI is InChI=1S/C10H17N3O2/c1-14-7-10-4-9(12-15-10)6-13-3-2-8(11)5-13/h4,8H,2-3,5-7,11H2,1H3/t8-/m1/s1. The molecule has 1 fully saturated rings. The molecular formula is C10H17N3O2. The van der Waals surface area contributed by atoms with Crippen LogP contribution in [0.4, 0.5) is 0 Å². The Labute approximate surface area is 89.2 Å². The Kier molecular flexibility index (Phi) is 3.35. The molecule has 15 heavy (non-hydrogen) atoms. The fourth-order valence-corrected chi connectivity index (χ4v) is 1.88. The van der Waals surface area contributed by atoms with Gasteiger partial charge in [0.2, 0.25) is 0 Å². The van der Waals surface area contributed by atoms with E-state index in [0.29, 0.717) is 12.6 Å². The third kappa shape index (κ3) is 2.77. The van der Waals surface area contributed by atoms with E-state index >= 15 is 0 Å². The van der Waals surface area contributed by atoms with Crippen molar-refractivity contribution in [1.29, 1.82) is 0 Å². The summed E-state index contributed by atoms with van der Waals surface area (Å²) in [5.74, 6) is 0.774. The smallest absolute Gasteiger partial charge is 0.162 e. The summed E-state index contributed by atoms with van der Waals surface area (Å²) < 4.78 is 10.1. The molecule has 5 heteroatoms. The van der Waals surface area contributed by atoms with Crippen molar-refractivity contribution < 1.29 is 9.26 Å². The van der Waals surface area contributed by atoms with Crippen LogP contribution in [0.15, 0.2) is 10.6 Å². The number of nitrogens with zero attached hydrogens (tertiary/aromatic N) is 2. The number of nitrogens with two attached hydrogens (primary N) is 1. The van der Waals surface area contributed by atoms with E-state index in [9.17, 15) is 0 Å². The van der Waals surface area contributed by atoms with E-state index in [1.807, 2.05) is 6.07 Å². The lowest BCUT2D eigenvalue weighted by Crippen LogP contribution is -2.26. The van der Waals surface area contributed by atoms with Crippen LogP contribution in [0.2, 0.25) is 0 Å². The average Bonchev–Trinajstić information content (AvgIpc) is 2.78. The molecule has 0 aromatic carbocycles. The first-order valence-corrected chi connectivity index (χ1v) is 5.19. The zero-order chi connectivity index (χ0) is 10.7. The molecule has 0 unspecified atom stereocenters. The molecule has 0 aliphatic carbocycles. The number of hydrogen-bond acceptors (Lipinski definition) is 5. The molecule has 1 aromatic rings. The van der Waals surface area contributed by atoms with Crippen molar-refractivity contribution in [2.24, 2.45) is 5.73 Å². The Bertz CT molecular complexity index is 313. The second kappa shape index (κ2) is 4.74. The van der Waals surface area contributed by atoms with Crippen LogP contribution in [-0.2, 0) is 17.9 Å². The van der Waals surface area contributed by atoms with Gasteiger partial charge in [0.25, 0.3) is 0 Å². The maximum absolute atomic E-state index is 5.83. The van der Waals surface area contributed by atoms with E-state index in [0.717, 1.165) is 37.5 Å². The molecule has 0 bridgehead atoms. The van der Waals surface area contributed by atoms with Crippen LogP contribution in [0.5, 0.6) is 0 Å². The monoisotopic (exact) mass is 211 g/mol. The Morgan fingerprint density at radius 1 is 1.73 bits per heavy atom. The summed E-state index contributed by atoms with van der Waals surface area (Å²) in [5, 5.41) is 3.99. The molecule has 1 aliphatic rings. The molecule has 0 spiro atoms. The first-order valence-electron chi connectivity index (χ1n) is 5.19.